The molecule has 8 aromatic rings. The molecule has 0 fully saturated rings. The molecule has 0 saturated carbocycles. The van der Waals surface area contributed by atoms with E-state index in [1.54, 1.807) is 62.7 Å². The first-order valence-electron chi connectivity index (χ1n) is 26.6. The van der Waals surface area contributed by atoms with E-state index in [4.69, 9.17) is 15.5 Å². The molecule has 67 heavy (non-hydrogen) atoms. The van der Waals surface area contributed by atoms with E-state index in [9.17, 15) is 9.22 Å². The minimum atomic E-state index is -2.65. The molecular formula is C62H68N3OPt-. The summed E-state index contributed by atoms with van der Waals surface area (Å²) in [6.45, 7) is 22.4. The predicted octanol–water partition coefficient (Wildman–Crippen LogP) is 17.5. The molecule has 0 amide bonds. The Morgan fingerprint density at radius 3 is 1.93 bits per heavy atom. The number of benzene rings is 6. The third kappa shape index (κ3) is 9.75. The van der Waals surface area contributed by atoms with Crippen molar-refractivity contribution in [3.63, 3.8) is 0 Å². The van der Waals surface area contributed by atoms with Crippen LogP contribution in [-0.2, 0) is 26.5 Å². The largest absolute Gasteiger partial charge is 0.507 e. The van der Waals surface area contributed by atoms with Crippen LogP contribution in [0.3, 0.4) is 0 Å². The molecule has 2 aromatic heterocycles. The van der Waals surface area contributed by atoms with E-state index in [1.807, 2.05) is 100 Å². The minimum absolute atomic E-state index is 0. The Hall–Kier alpha value is -5.57. The summed E-state index contributed by atoms with van der Waals surface area (Å²) < 4.78 is 65.3. The van der Waals surface area contributed by atoms with Crippen LogP contribution in [0.15, 0.2) is 121 Å². The Kier molecular flexibility index (Phi) is 11.8. The van der Waals surface area contributed by atoms with Gasteiger partial charge in [-0.25, -0.2) is 4.98 Å². The van der Waals surface area contributed by atoms with Gasteiger partial charge in [-0.05, 0) is 128 Å². The third-order valence-electron chi connectivity index (χ3n) is 12.8. The zero-order valence-electron chi connectivity index (χ0n) is 48.2. The molecule has 0 aliphatic heterocycles. The summed E-state index contributed by atoms with van der Waals surface area (Å²) in [6.07, 6.45) is 1.80. The van der Waals surface area contributed by atoms with E-state index in [-0.39, 0.29) is 55.1 Å². The molecule has 0 aliphatic rings. The Morgan fingerprint density at radius 1 is 0.627 bits per heavy atom. The van der Waals surface area contributed by atoms with Crippen molar-refractivity contribution in [3.05, 3.63) is 166 Å². The summed E-state index contributed by atoms with van der Waals surface area (Å²) in [6, 6.07) is 40.7. The van der Waals surface area contributed by atoms with E-state index < -0.39 is 30.4 Å². The van der Waals surface area contributed by atoms with Crippen molar-refractivity contribution in [2.75, 3.05) is 0 Å². The van der Waals surface area contributed by atoms with Gasteiger partial charge in [0, 0.05) is 42.6 Å². The summed E-state index contributed by atoms with van der Waals surface area (Å²) in [5.74, 6) is -4.00. The Morgan fingerprint density at radius 2 is 1.28 bits per heavy atom. The molecule has 0 radical (unpaired) electrons. The van der Waals surface area contributed by atoms with Gasteiger partial charge in [-0.15, -0.1) is 29.3 Å². The van der Waals surface area contributed by atoms with Crippen molar-refractivity contribution < 1.29 is 35.8 Å². The molecule has 0 bridgehead atoms. The first-order valence-corrected chi connectivity index (χ1v) is 23.1. The molecule has 2 heterocycles. The molecule has 0 aliphatic carbocycles. The third-order valence-corrected chi connectivity index (χ3v) is 12.8. The second-order valence-corrected chi connectivity index (χ2v) is 20.0. The number of aromatic hydroxyl groups is 1. The fourth-order valence-electron chi connectivity index (χ4n) is 8.93. The maximum atomic E-state index is 12.4. The van der Waals surface area contributed by atoms with Crippen molar-refractivity contribution in [1.29, 1.82) is 0 Å². The SMILES string of the molecule is [2H]C([2H])([2H])c1cc(-c2c(C(C)C)cccc2C([2H])(C)C)ccc1-n1c(-c2cc(C([2H])(C)C)cc(C([2H])(C)C)c2O)nc2c(-c3[c-]c(-c4cc(-c5ccc(C([2H])(C)C)cc5)ccn4)cc(C(C)(C)C)c3)cccc21.[Pt]. The Balaban J connectivity index is 0.00000800. The van der Waals surface area contributed by atoms with Crippen LogP contribution >= 0.6 is 0 Å². The van der Waals surface area contributed by atoms with Crippen molar-refractivity contribution in [3.8, 4) is 67.5 Å². The molecule has 6 aromatic carbocycles. The molecule has 0 atom stereocenters. The molecule has 5 heteroatoms. The van der Waals surface area contributed by atoms with E-state index in [0.29, 0.717) is 39.0 Å². The molecule has 4 nitrogen and oxygen atoms in total. The Labute approximate surface area is 425 Å². The van der Waals surface area contributed by atoms with Crippen LogP contribution in [-0.4, -0.2) is 19.6 Å². The van der Waals surface area contributed by atoms with Crippen LogP contribution in [0.5, 0.6) is 5.75 Å². The van der Waals surface area contributed by atoms with Crippen molar-refractivity contribution in [1.82, 2.24) is 14.5 Å². The van der Waals surface area contributed by atoms with Gasteiger partial charge < -0.3 is 5.11 Å². The maximum Gasteiger partial charge on any atom is 0.148 e. The number of imidazole rings is 1. The van der Waals surface area contributed by atoms with Crippen molar-refractivity contribution in [2.24, 2.45) is 0 Å². The second kappa shape index (κ2) is 19.6. The first-order chi connectivity index (χ1) is 33.7. The number of hydrogen-bond acceptors (Lipinski definition) is 3. The van der Waals surface area contributed by atoms with E-state index in [1.165, 1.54) is 0 Å². The molecule has 348 valence electrons. The summed E-state index contributed by atoms with van der Waals surface area (Å²) in [5, 5.41) is 12.4. The van der Waals surface area contributed by atoms with Gasteiger partial charge in [-0.3, -0.25) is 9.55 Å². The number of phenolic OH excluding ortho intramolecular Hbond substituents is 1. The van der Waals surface area contributed by atoms with Crippen LogP contribution in [0.2, 0.25) is 0 Å². The van der Waals surface area contributed by atoms with Crippen molar-refractivity contribution in [2.45, 2.75) is 132 Å². The number of aryl methyl sites for hydroxylation is 1. The smallest absolute Gasteiger partial charge is 0.148 e. The topological polar surface area (TPSA) is 50.9 Å². The van der Waals surface area contributed by atoms with Crippen LogP contribution in [0.1, 0.15) is 168 Å². The van der Waals surface area contributed by atoms with Crippen LogP contribution in [0.25, 0.3) is 72.7 Å². The first kappa shape index (κ1) is 40.5. The average molecular weight is 1070 g/mol. The van der Waals surface area contributed by atoms with Gasteiger partial charge in [0.1, 0.15) is 11.6 Å². The standard InChI is InChI=1S/C62H68N3O.Pt/c1-36(2)42-21-23-43(24-22-42)44-27-28-63-55(35-44)48-30-47(31-49(32-48)62(12,13)14)52-19-16-20-57-59(52)64-61(54-34-46(37(3)4)33-53(40(9)10)60(54)66)65(57)56-26-25-45(29-41(56)11)58-50(38(5)6)17-15-18-51(58)39(7)8;/h15-29,31-40,66H,1-14H3;/q-1;/i11D3,36D,37D,38D,40D;. The molecule has 0 saturated heterocycles. The zero-order chi connectivity index (χ0) is 53.5. The van der Waals surface area contributed by atoms with Gasteiger partial charge in [0.15, 0.2) is 0 Å². The fourth-order valence-corrected chi connectivity index (χ4v) is 8.93. The molecule has 0 unspecified atom stereocenters. The number of pyridine rings is 1. The number of para-hydroxylation sites is 1. The van der Waals surface area contributed by atoms with Crippen LogP contribution in [0.4, 0.5) is 0 Å². The van der Waals surface area contributed by atoms with Gasteiger partial charge >= 0.3 is 0 Å². The average Bonchev–Trinajstić information content (AvgIpc) is 3.68. The number of hydrogen-bond donors (Lipinski definition) is 1. The van der Waals surface area contributed by atoms with Gasteiger partial charge in [-0.1, -0.05) is 174 Å². The monoisotopic (exact) mass is 1070 g/mol. The molecule has 0 spiro atoms. The summed E-state index contributed by atoms with van der Waals surface area (Å²) >= 11 is 0. The minimum Gasteiger partial charge on any atom is -0.507 e. The van der Waals surface area contributed by atoms with Crippen LogP contribution < -0.4 is 0 Å². The van der Waals surface area contributed by atoms with Crippen molar-refractivity contribution >= 4 is 11.0 Å². The summed E-state index contributed by atoms with van der Waals surface area (Å²) in [5.41, 5.74) is 12.4. The fraction of sp³-hybridized carbons (Fsp3) is 0.323. The van der Waals surface area contributed by atoms with E-state index in [0.717, 1.165) is 55.8 Å². The van der Waals surface area contributed by atoms with Gasteiger partial charge in [0.05, 0.1) is 22.3 Å². The van der Waals surface area contributed by atoms with Gasteiger partial charge in [0.25, 0.3) is 0 Å². The predicted molar refractivity (Wildman–Crippen MR) is 280 cm³/mol. The molecular weight excluding hydrogens is 998 g/mol. The number of phenols is 1. The van der Waals surface area contributed by atoms with E-state index >= 15 is 0 Å². The summed E-state index contributed by atoms with van der Waals surface area (Å²) in [4.78, 5) is 10.3. The van der Waals surface area contributed by atoms with Gasteiger partial charge in [0.2, 0.25) is 0 Å². The van der Waals surface area contributed by atoms with E-state index in [2.05, 4.69) is 58.9 Å². The quantitative estimate of drug-likeness (QED) is 0.131. The molecule has 8 rings (SSSR count). The number of nitrogens with zero attached hydrogens (tertiary/aromatic N) is 3. The van der Waals surface area contributed by atoms with Crippen LogP contribution in [0, 0.1) is 12.9 Å². The number of aromatic nitrogens is 3. The normalized spacial score (nSPS) is 14.4. The number of fused-ring (bicyclic) bond motifs is 1. The zero-order valence-corrected chi connectivity index (χ0v) is 43.5. The van der Waals surface area contributed by atoms with Gasteiger partial charge in [-0.2, -0.15) is 0 Å². The Bertz CT molecular complexity index is 3390. The maximum absolute atomic E-state index is 12.4. The second-order valence-electron chi connectivity index (χ2n) is 20.0. The number of rotatable bonds is 11. The summed E-state index contributed by atoms with van der Waals surface area (Å²) in [7, 11) is 0. The molecule has 1 N–H and O–H groups in total.